The second-order valence-corrected chi connectivity index (χ2v) is 8.88. The third kappa shape index (κ3) is 4.58. The molecule has 2 heterocycles. The molecule has 5 rings (SSSR count). The van der Waals surface area contributed by atoms with E-state index in [-0.39, 0.29) is 11.5 Å². The molecule has 1 amide bonds. The Hall–Kier alpha value is -4.24. The first-order valence-corrected chi connectivity index (χ1v) is 12.0. The van der Waals surface area contributed by atoms with E-state index < -0.39 is 0 Å². The van der Waals surface area contributed by atoms with Crippen molar-refractivity contribution in [2.75, 3.05) is 12.4 Å². The zero-order valence-corrected chi connectivity index (χ0v) is 20.1. The Kier molecular flexibility index (Phi) is 6.15. The molecule has 176 valence electrons. The molecule has 0 bridgehead atoms. The number of ether oxygens (including phenoxy) is 1. The van der Waals surface area contributed by atoms with E-state index in [2.05, 4.69) is 33.7 Å². The molecular formula is C26H23N5O3S. The van der Waals surface area contributed by atoms with Crippen molar-refractivity contribution in [3.8, 4) is 5.75 Å². The number of anilines is 2. The molecule has 5 aromatic rings. The topological polar surface area (TPSA) is 97.6 Å². The minimum Gasteiger partial charge on any atom is -0.497 e. The molecule has 9 heteroatoms. The van der Waals surface area contributed by atoms with Crippen LogP contribution in [0, 0.1) is 0 Å². The monoisotopic (exact) mass is 485 g/mol. The summed E-state index contributed by atoms with van der Waals surface area (Å²) >= 11 is 1.28. The quantitative estimate of drug-likeness (QED) is 0.351. The number of hydrogen-bond donors (Lipinski definition) is 2. The Bertz CT molecular complexity index is 1610. The Morgan fingerprint density at radius 3 is 2.77 bits per heavy atom. The zero-order valence-electron chi connectivity index (χ0n) is 19.2. The molecule has 0 fully saturated rings. The van der Waals surface area contributed by atoms with Gasteiger partial charge in [-0.2, -0.15) is 4.52 Å². The van der Waals surface area contributed by atoms with Gasteiger partial charge in [-0.1, -0.05) is 48.6 Å². The Balaban J connectivity index is 1.41. The molecule has 0 atom stereocenters. The maximum atomic E-state index is 13.1. The summed E-state index contributed by atoms with van der Waals surface area (Å²) in [6.45, 7) is 2.44. The number of hydrogen-bond acceptors (Lipinski definition) is 7. The van der Waals surface area contributed by atoms with Gasteiger partial charge in [0.15, 0.2) is 0 Å². The molecule has 0 saturated heterocycles. The van der Waals surface area contributed by atoms with Gasteiger partial charge in [-0.15, -0.1) is 5.10 Å². The minimum absolute atomic E-state index is 0.250. The fourth-order valence-corrected chi connectivity index (χ4v) is 4.64. The van der Waals surface area contributed by atoms with Crippen LogP contribution in [-0.2, 0) is 13.0 Å². The van der Waals surface area contributed by atoms with Gasteiger partial charge in [-0.3, -0.25) is 9.59 Å². The number of para-hydroxylation sites is 1. The highest BCUT2D eigenvalue weighted by Crippen LogP contribution is 2.25. The molecule has 8 nitrogen and oxygen atoms in total. The Morgan fingerprint density at radius 1 is 1.09 bits per heavy atom. The van der Waals surface area contributed by atoms with Crippen LogP contribution in [0.5, 0.6) is 5.75 Å². The number of amides is 1. The summed E-state index contributed by atoms with van der Waals surface area (Å²) in [5.74, 6) is 0.479. The van der Waals surface area contributed by atoms with Gasteiger partial charge in [0.1, 0.15) is 5.75 Å². The summed E-state index contributed by atoms with van der Waals surface area (Å²) < 4.78 is 6.52. The van der Waals surface area contributed by atoms with Crippen LogP contribution < -0.4 is 20.9 Å². The fourth-order valence-electron chi connectivity index (χ4n) is 3.83. The van der Waals surface area contributed by atoms with Gasteiger partial charge in [-0.25, -0.2) is 4.98 Å². The van der Waals surface area contributed by atoms with Crippen molar-refractivity contribution >= 4 is 43.9 Å². The smallest absolute Gasteiger partial charge is 0.283 e. The normalized spacial score (nSPS) is 11.0. The number of carbonyl (C=O) groups excluding carboxylic acids is 1. The van der Waals surface area contributed by atoms with Gasteiger partial charge in [-0.05, 0) is 53.9 Å². The lowest BCUT2D eigenvalue weighted by Crippen LogP contribution is -2.23. The first kappa shape index (κ1) is 22.5. The number of aryl methyl sites for hydroxylation is 1. The van der Waals surface area contributed by atoms with Crippen LogP contribution in [0.4, 0.5) is 10.8 Å². The zero-order chi connectivity index (χ0) is 24.4. The number of methoxy groups -OCH3 is 1. The van der Waals surface area contributed by atoms with E-state index in [1.807, 2.05) is 42.5 Å². The lowest BCUT2D eigenvalue weighted by Gasteiger charge is -2.07. The van der Waals surface area contributed by atoms with Crippen molar-refractivity contribution < 1.29 is 9.53 Å². The van der Waals surface area contributed by atoms with Crippen molar-refractivity contribution in [3.63, 3.8) is 0 Å². The van der Waals surface area contributed by atoms with E-state index in [9.17, 15) is 9.59 Å². The van der Waals surface area contributed by atoms with Gasteiger partial charge >= 0.3 is 0 Å². The molecule has 2 N–H and O–H groups in total. The Labute approximate surface area is 205 Å². The van der Waals surface area contributed by atoms with Crippen molar-refractivity contribution in [2.24, 2.45) is 0 Å². The second-order valence-electron chi connectivity index (χ2n) is 7.92. The number of nitrogens with zero attached hydrogens (tertiary/aromatic N) is 3. The molecule has 0 aliphatic carbocycles. The lowest BCUT2D eigenvalue weighted by atomic mass is 10.1. The Morgan fingerprint density at radius 2 is 1.94 bits per heavy atom. The van der Waals surface area contributed by atoms with E-state index in [1.165, 1.54) is 15.9 Å². The highest BCUT2D eigenvalue weighted by Gasteiger charge is 2.14. The number of fused-ring (bicyclic) bond motifs is 2. The van der Waals surface area contributed by atoms with E-state index >= 15 is 0 Å². The summed E-state index contributed by atoms with van der Waals surface area (Å²) in [5.41, 5.74) is 3.63. The van der Waals surface area contributed by atoms with Crippen LogP contribution in [0.15, 0.2) is 71.5 Å². The SMILES string of the molecule is CCc1ccccc1Nc1nn2c(=O)c3ccc(C(=O)NCc4cccc(OC)c4)cc3nc2s1. The van der Waals surface area contributed by atoms with Crippen LogP contribution in [-0.4, -0.2) is 27.6 Å². The molecule has 0 radical (unpaired) electrons. The van der Waals surface area contributed by atoms with Gasteiger partial charge in [0.2, 0.25) is 10.1 Å². The third-order valence-electron chi connectivity index (χ3n) is 5.69. The fraction of sp³-hybridized carbons (Fsp3) is 0.154. The van der Waals surface area contributed by atoms with E-state index in [4.69, 9.17) is 4.74 Å². The van der Waals surface area contributed by atoms with E-state index in [1.54, 1.807) is 25.3 Å². The number of benzene rings is 3. The molecule has 0 aliphatic heterocycles. The molecule has 0 aliphatic rings. The number of nitrogens with one attached hydrogen (secondary N) is 2. The third-order valence-corrected chi connectivity index (χ3v) is 6.51. The van der Waals surface area contributed by atoms with Crippen LogP contribution >= 0.6 is 11.3 Å². The van der Waals surface area contributed by atoms with Gasteiger partial charge < -0.3 is 15.4 Å². The minimum atomic E-state index is -0.276. The summed E-state index contributed by atoms with van der Waals surface area (Å²) in [4.78, 5) is 30.9. The number of aromatic nitrogens is 3. The lowest BCUT2D eigenvalue weighted by molar-refractivity contribution is 0.0951. The van der Waals surface area contributed by atoms with Crippen LogP contribution in [0.1, 0.15) is 28.4 Å². The highest BCUT2D eigenvalue weighted by atomic mass is 32.1. The van der Waals surface area contributed by atoms with Gasteiger partial charge in [0.25, 0.3) is 11.5 Å². The second kappa shape index (κ2) is 9.55. The van der Waals surface area contributed by atoms with Crippen molar-refractivity contribution in [1.29, 1.82) is 0 Å². The van der Waals surface area contributed by atoms with Gasteiger partial charge in [0.05, 0.1) is 18.0 Å². The summed E-state index contributed by atoms with van der Waals surface area (Å²) in [6.07, 6.45) is 0.874. The van der Waals surface area contributed by atoms with Crippen LogP contribution in [0.3, 0.4) is 0 Å². The van der Waals surface area contributed by atoms with E-state index in [0.717, 1.165) is 29.0 Å². The van der Waals surface area contributed by atoms with E-state index in [0.29, 0.717) is 33.1 Å². The van der Waals surface area contributed by atoms with Crippen molar-refractivity contribution in [3.05, 3.63) is 93.8 Å². The number of rotatable bonds is 7. The first-order chi connectivity index (χ1) is 17.1. The van der Waals surface area contributed by atoms with Crippen LogP contribution in [0.2, 0.25) is 0 Å². The molecule has 35 heavy (non-hydrogen) atoms. The summed E-state index contributed by atoms with van der Waals surface area (Å²) in [7, 11) is 1.60. The molecule has 3 aromatic carbocycles. The van der Waals surface area contributed by atoms with Crippen LogP contribution in [0.25, 0.3) is 15.9 Å². The van der Waals surface area contributed by atoms with Gasteiger partial charge in [0, 0.05) is 17.8 Å². The summed E-state index contributed by atoms with van der Waals surface area (Å²) in [6, 6.07) is 20.4. The molecular weight excluding hydrogens is 462 g/mol. The first-order valence-electron chi connectivity index (χ1n) is 11.2. The molecule has 2 aromatic heterocycles. The van der Waals surface area contributed by atoms with Crippen molar-refractivity contribution in [2.45, 2.75) is 19.9 Å². The molecule has 0 spiro atoms. The predicted octanol–water partition coefficient (Wildman–Crippen LogP) is 4.55. The molecule has 0 saturated carbocycles. The largest absolute Gasteiger partial charge is 0.497 e. The standard InChI is InChI=1S/C26H23N5O3S/c1-3-17-8-4-5-10-21(17)28-25-30-31-24(33)20-12-11-18(14-22(20)29-26(31)35-25)23(32)27-15-16-7-6-9-19(13-16)34-2/h4-14H,3,15H2,1-2H3,(H,27,32)(H,28,30). The summed E-state index contributed by atoms with van der Waals surface area (Å²) in [5, 5.41) is 11.6. The molecule has 0 unspecified atom stereocenters. The number of carbonyl (C=O) groups is 1. The highest BCUT2D eigenvalue weighted by molar-refractivity contribution is 7.20. The maximum absolute atomic E-state index is 13.1. The maximum Gasteiger partial charge on any atom is 0.283 e. The average molecular weight is 486 g/mol. The average Bonchev–Trinajstić information content (AvgIpc) is 3.30. The predicted molar refractivity (Wildman–Crippen MR) is 138 cm³/mol. The van der Waals surface area contributed by atoms with Crippen molar-refractivity contribution in [1.82, 2.24) is 19.9 Å².